The van der Waals surface area contributed by atoms with E-state index in [4.69, 9.17) is 16.3 Å². The highest BCUT2D eigenvalue weighted by molar-refractivity contribution is 6.28. The summed E-state index contributed by atoms with van der Waals surface area (Å²) in [6, 6.07) is 0. The number of hydrogen-bond acceptors (Lipinski definition) is 7. The third-order valence-corrected chi connectivity index (χ3v) is 3.51. The second kappa shape index (κ2) is 6.31. The molecule has 2 aromatic rings. The molecule has 0 N–H and O–H groups in total. The van der Waals surface area contributed by atoms with Crippen molar-refractivity contribution >= 4 is 17.5 Å². The first-order valence-corrected chi connectivity index (χ1v) is 7.15. The average Bonchev–Trinajstić information content (AvgIpc) is 3.02. The van der Waals surface area contributed by atoms with E-state index in [1.807, 2.05) is 11.9 Å². The van der Waals surface area contributed by atoms with Crippen molar-refractivity contribution in [3.05, 3.63) is 17.9 Å². The summed E-state index contributed by atoms with van der Waals surface area (Å²) in [5.41, 5.74) is 0. The summed E-state index contributed by atoms with van der Waals surface area (Å²) in [5, 5.41) is 4.14. The fourth-order valence-corrected chi connectivity index (χ4v) is 2.49. The van der Waals surface area contributed by atoms with Crippen LogP contribution in [0, 0.1) is 5.92 Å². The molecule has 0 radical (unpaired) electrons. The van der Waals surface area contributed by atoms with Gasteiger partial charge in [0.15, 0.2) is 0 Å². The molecule has 9 heteroatoms. The Labute approximate surface area is 127 Å². The van der Waals surface area contributed by atoms with E-state index in [1.54, 1.807) is 0 Å². The van der Waals surface area contributed by atoms with Crippen molar-refractivity contribution in [2.45, 2.75) is 12.8 Å². The van der Waals surface area contributed by atoms with Crippen LogP contribution in [0.25, 0.3) is 5.95 Å². The predicted molar refractivity (Wildman–Crippen MR) is 76.6 cm³/mol. The summed E-state index contributed by atoms with van der Waals surface area (Å²) < 4.78 is 6.95. The average molecular weight is 310 g/mol. The SMILES string of the molecule is CN(CC1CCCOC1)c1nc(Cl)nc(-n2cncn2)n1. The molecular weight excluding hydrogens is 294 g/mol. The molecule has 0 amide bonds. The minimum atomic E-state index is 0.136. The van der Waals surface area contributed by atoms with E-state index >= 15 is 0 Å². The van der Waals surface area contributed by atoms with E-state index in [0.29, 0.717) is 17.8 Å². The number of halogens is 1. The van der Waals surface area contributed by atoms with Gasteiger partial charge in [0.05, 0.1) is 6.61 Å². The normalized spacial score (nSPS) is 18.7. The number of nitrogens with zero attached hydrogens (tertiary/aromatic N) is 7. The lowest BCUT2D eigenvalue weighted by Crippen LogP contribution is -2.32. The van der Waals surface area contributed by atoms with Crippen LogP contribution < -0.4 is 4.90 Å². The summed E-state index contributed by atoms with van der Waals surface area (Å²) in [6.45, 7) is 2.45. The monoisotopic (exact) mass is 309 g/mol. The Morgan fingerprint density at radius 3 is 3.05 bits per heavy atom. The molecule has 1 aliphatic heterocycles. The number of aromatic nitrogens is 6. The Morgan fingerprint density at radius 2 is 2.33 bits per heavy atom. The third kappa shape index (κ3) is 3.45. The van der Waals surface area contributed by atoms with Gasteiger partial charge in [-0.05, 0) is 30.4 Å². The molecule has 0 saturated carbocycles. The summed E-state index contributed by atoms with van der Waals surface area (Å²) >= 11 is 5.98. The van der Waals surface area contributed by atoms with Gasteiger partial charge in [-0.1, -0.05) is 0 Å². The lowest BCUT2D eigenvalue weighted by molar-refractivity contribution is 0.0575. The number of anilines is 1. The number of hydrogen-bond donors (Lipinski definition) is 0. The van der Waals surface area contributed by atoms with Crippen molar-refractivity contribution in [2.24, 2.45) is 5.92 Å². The van der Waals surface area contributed by atoms with Gasteiger partial charge in [-0.2, -0.15) is 24.7 Å². The molecule has 1 fully saturated rings. The molecule has 1 aliphatic rings. The number of ether oxygens (including phenoxy) is 1. The van der Waals surface area contributed by atoms with Gasteiger partial charge >= 0.3 is 0 Å². The molecule has 21 heavy (non-hydrogen) atoms. The van der Waals surface area contributed by atoms with Crippen LogP contribution >= 0.6 is 11.6 Å². The van der Waals surface area contributed by atoms with Crippen LogP contribution in [-0.4, -0.2) is 56.5 Å². The molecule has 0 spiro atoms. The Bertz CT molecular complexity index is 585. The molecular formula is C12H16ClN7O. The minimum Gasteiger partial charge on any atom is -0.381 e. The fraction of sp³-hybridized carbons (Fsp3) is 0.583. The van der Waals surface area contributed by atoms with Gasteiger partial charge < -0.3 is 9.64 Å². The highest BCUT2D eigenvalue weighted by Gasteiger charge is 2.18. The van der Waals surface area contributed by atoms with E-state index in [1.165, 1.54) is 17.3 Å². The largest absolute Gasteiger partial charge is 0.381 e. The molecule has 3 heterocycles. The zero-order chi connectivity index (χ0) is 14.7. The molecule has 8 nitrogen and oxygen atoms in total. The Hall–Kier alpha value is -1.80. The van der Waals surface area contributed by atoms with Gasteiger partial charge in [-0.25, -0.2) is 4.98 Å². The third-order valence-electron chi connectivity index (χ3n) is 3.34. The molecule has 112 valence electrons. The lowest BCUT2D eigenvalue weighted by atomic mass is 10.0. The highest BCUT2D eigenvalue weighted by Crippen LogP contribution is 2.18. The van der Waals surface area contributed by atoms with Crippen molar-refractivity contribution in [3.63, 3.8) is 0 Å². The van der Waals surface area contributed by atoms with Crippen LogP contribution in [0.1, 0.15) is 12.8 Å². The summed E-state index contributed by atoms with van der Waals surface area (Å²) in [5.74, 6) is 1.36. The minimum absolute atomic E-state index is 0.136. The lowest BCUT2D eigenvalue weighted by Gasteiger charge is -2.27. The van der Waals surface area contributed by atoms with Crippen LogP contribution in [0.2, 0.25) is 5.28 Å². The van der Waals surface area contributed by atoms with Gasteiger partial charge in [-0.15, -0.1) is 0 Å². The van der Waals surface area contributed by atoms with Gasteiger partial charge in [0, 0.05) is 20.2 Å². The smallest absolute Gasteiger partial charge is 0.258 e. The zero-order valence-corrected chi connectivity index (χ0v) is 12.4. The van der Waals surface area contributed by atoms with Gasteiger partial charge in [0.25, 0.3) is 5.95 Å². The van der Waals surface area contributed by atoms with Crippen LogP contribution in [0.4, 0.5) is 5.95 Å². The molecule has 0 bridgehead atoms. The molecule has 3 rings (SSSR count). The first-order valence-electron chi connectivity index (χ1n) is 6.78. The van der Waals surface area contributed by atoms with Crippen LogP contribution in [0.15, 0.2) is 12.7 Å². The van der Waals surface area contributed by atoms with Gasteiger partial charge in [0.2, 0.25) is 11.2 Å². The van der Waals surface area contributed by atoms with Crippen molar-refractivity contribution in [1.82, 2.24) is 29.7 Å². The maximum atomic E-state index is 5.98. The first kappa shape index (κ1) is 14.2. The molecule has 1 unspecified atom stereocenters. The van der Waals surface area contributed by atoms with Gasteiger partial charge in [-0.3, -0.25) is 0 Å². The van der Waals surface area contributed by atoms with E-state index in [0.717, 1.165) is 32.6 Å². The Morgan fingerprint density at radius 1 is 1.43 bits per heavy atom. The zero-order valence-electron chi connectivity index (χ0n) is 11.7. The first-order chi connectivity index (χ1) is 10.2. The summed E-state index contributed by atoms with van der Waals surface area (Å²) in [7, 11) is 1.94. The highest BCUT2D eigenvalue weighted by atomic mass is 35.5. The molecule has 1 saturated heterocycles. The predicted octanol–water partition coefficient (Wildman–Crippen LogP) is 0.968. The quantitative estimate of drug-likeness (QED) is 0.832. The molecule has 2 aromatic heterocycles. The summed E-state index contributed by atoms with van der Waals surface area (Å²) in [4.78, 5) is 18.5. The second-order valence-electron chi connectivity index (χ2n) is 5.01. The van der Waals surface area contributed by atoms with Crippen LogP contribution in [0.5, 0.6) is 0 Å². The Balaban J connectivity index is 1.77. The fourth-order valence-electron chi connectivity index (χ4n) is 2.33. The van der Waals surface area contributed by atoms with Gasteiger partial charge in [0.1, 0.15) is 12.7 Å². The topological polar surface area (TPSA) is 81.9 Å². The molecule has 0 aromatic carbocycles. The Kier molecular flexibility index (Phi) is 4.26. The van der Waals surface area contributed by atoms with Crippen molar-refractivity contribution in [1.29, 1.82) is 0 Å². The van der Waals surface area contributed by atoms with E-state index in [9.17, 15) is 0 Å². The van der Waals surface area contributed by atoms with Crippen molar-refractivity contribution < 1.29 is 4.74 Å². The van der Waals surface area contributed by atoms with E-state index in [-0.39, 0.29) is 5.28 Å². The van der Waals surface area contributed by atoms with E-state index < -0.39 is 0 Å². The standard InChI is InChI=1S/C12H16ClN7O/c1-19(5-9-3-2-4-21-6-9)11-16-10(13)17-12(18-11)20-8-14-7-15-20/h7-9H,2-6H2,1H3. The maximum absolute atomic E-state index is 5.98. The van der Waals surface area contributed by atoms with Crippen LogP contribution in [-0.2, 0) is 4.74 Å². The second-order valence-corrected chi connectivity index (χ2v) is 5.35. The summed E-state index contributed by atoms with van der Waals surface area (Å²) in [6.07, 6.45) is 5.19. The molecule has 1 atom stereocenters. The van der Waals surface area contributed by atoms with Crippen molar-refractivity contribution in [2.75, 3.05) is 31.7 Å². The van der Waals surface area contributed by atoms with E-state index in [2.05, 4.69) is 25.0 Å². The van der Waals surface area contributed by atoms with Crippen molar-refractivity contribution in [3.8, 4) is 5.95 Å². The molecule has 0 aliphatic carbocycles. The number of rotatable bonds is 4. The maximum Gasteiger partial charge on any atom is 0.258 e. The van der Waals surface area contributed by atoms with Crippen LogP contribution in [0.3, 0.4) is 0 Å².